The zero-order valence-electron chi connectivity index (χ0n) is 21.4. The fourth-order valence-corrected chi connectivity index (χ4v) is 5.43. The molecular formula is C29H27Cl2N5O2S. The first kappa shape index (κ1) is 27.1. The van der Waals surface area contributed by atoms with E-state index in [0.29, 0.717) is 43.9 Å². The van der Waals surface area contributed by atoms with E-state index in [9.17, 15) is 4.79 Å². The minimum Gasteiger partial charge on any atom is -0.489 e. The van der Waals surface area contributed by atoms with Crippen LogP contribution in [0.15, 0.2) is 89.2 Å². The van der Waals surface area contributed by atoms with E-state index in [0.717, 1.165) is 23.3 Å². The minimum absolute atomic E-state index is 0.223. The third-order valence-electron chi connectivity index (χ3n) is 6.13. The van der Waals surface area contributed by atoms with Gasteiger partial charge in [0, 0.05) is 32.7 Å². The lowest BCUT2D eigenvalue weighted by Crippen LogP contribution is -2.31. The first-order chi connectivity index (χ1) is 18.9. The lowest BCUT2D eigenvalue weighted by Gasteiger charge is -2.29. The number of benzene rings is 3. The molecule has 0 fully saturated rings. The van der Waals surface area contributed by atoms with Gasteiger partial charge in [0.25, 0.3) is 5.91 Å². The van der Waals surface area contributed by atoms with E-state index in [2.05, 4.69) is 22.5 Å². The number of fused-ring (bicyclic) bond motifs is 1. The van der Waals surface area contributed by atoms with Crippen LogP contribution >= 0.6 is 35.0 Å². The zero-order chi connectivity index (χ0) is 27.4. The van der Waals surface area contributed by atoms with Crippen molar-refractivity contribution in [3.63, 3.8) is 0 Å². The Balaban J connectivity index is 1.49. The number of hydrogen-bond acceptors (Lipinski definition) is 6. The predicted molar refractivity (Wildman–Crippen MR) is 158 cm³/mol. The number of thioether (sulfide) groups is 1. The molecule has 0 spiro atoms. The summed E-state index contributed by atoms with van der Waals surface area (Å²) in [6.45, 7) is 4.27. The molecule has 1 aliphatic heterocycles. The second-order valence-corrected chi connectivity index (χ2v) is 10.9. The van der Waals surface area contributed by atoms with Crippen molar-refractivity contribution in [2.24, 2.45) is 0 Å². The molecule has 1 atom stereocenters. The molecule has 4 aromatic rings. The van der Waals surface area contributed by atoms with E-state index in [1.807, 2.05) is 67.6 Å². The largest absolute Gasteiger partial charge is 0.489 e. The molecule has 5 rings (SSSR count). The van der Waals surface area contributed by atoms with Gasteiger partial charge in [-0.15, -0.1) is 5.10 Å². The molecule has 10 heteroatoms. The highest BCUT2D eigenvalue weighted by Gasteiger charge is 2.34. The van der Waals surface area contributed by atoms with E-state index in [4.69, 9.17) is 33.0 Å². The number of aromatic nitrogens is 3. The number of para-hydroxylation sites is 1. The molecule has 0 bridgehead atoms. The van der Waals surface area contributed by atoms with Crippen LogP contribution in [0.4, 0.5) is 11.6 Å². The maximum atomic E-state index is 13.7. The number of nitrogens with zero attached hydrogens (tertiary/aromatic N) is 3. The first-order valence-electron chi connectivity index (χ1n) is 12.5. The lowest BCUT2D eigenvalue weighted by molar-refractivity contribution is -0.113. The molecule has 3 aromatic carbocycles. The van der Waals surface area contributed by atoms with Gasteiger partial charge in [-0.2, -0.15) is 4.98 Å². The zero-order valence-corrected chi connectivity index (χ0v) is 23.8. The molecule has 1 amide bonds. The number of carbonyl (C=O) groups is 1. The Hall–Kier alpha value is -3.46. The van der Waals surface area contributed by atoms with Crippen LogP contribution in [0.1, 0.15) is 37.4 Å². The molecule has 0 radical (unpaired) electrons. The van der Waals surface area contributed by atoms with Gasteiger partial charge >= 0.3 is 0 Å². The summed E-state index contributed by atoms with van der Waals surface area (Å²) in [7, 11) is 0. The molecule has 39 heavy (non-hydrogen) atoms. The van der Waals surface area contributed by atoms with E-state index >= 15 is 0 Å². The Bertz CT molecular complexity index is 1520. The molecule has 1 aromatic heterocycles. The predicted octanol–water partition coefficient (Wildman–Crippen LogP) is 7.59. The molecule has 0 saturated heterocycles. The molecule has 200 valence electrons. The Labute approximate surface area is 241 Å². The Kier molecular flexibility index (Phi) is 8.45. The highest BCUT2D eigenvalue weighted by molar-refractivity contribution is 7.99. The Morgan fingerprint density at radius 3 is 2.69 bits per heavy atom. The Morgan fingerprint density at radius 2 is 1.92 bits per heavy atom. The molecular weight excluding hydrogens is 553 g/mol. The number of rotatable bonds is 9. The van der Waals surface area contributed by atoms with Crippen LogP contribution < -0.4 is 15.4 Å². The summed E-state index contributed by atoms with van der Waals surface area (Å²) in [4.78, 5) is 18.4. The summed E-state index contributed by atoms with van der Waals surface area (Å²) in [5, 5.41) is 12.9. The van der Waals surface area contributed by atoms with Crippen molar-refractivity contribution in [3.8, 4) is 5.75 Å². The fraction of sp³-hybridized carbons (Fsp3) is 0.207. The van der Waals surface area contributed by atoms with E-state index in [1.165, 1.54) is 0 Å². The van der Waals surface area contributed by atoms with Gasteiger partial charge in [0.05, 0.1) is 5.57 Å². The summed E-state index contributed by atoms with van der Waals surface area (Å²) in [5.74, 6) is 1.91. The van der Waals surface area contributed by atoms with Crippen molar-refractivity contribution < 1.29 is 9.53 Å². The molecule has 0 aliphatic carbocycles. The Morgan fingerprint density at radius 1 is 1.10 bits per heavy atom. The maximum Gasteiger partial charge on any atom is 0.255 e. The van der Waals surface area contributed by atoms with Gasteiger partial charge in [0.2, 0.25) is 11.1 Å². The molecule has 2 N–H and O–H groups in total. The summed E-state index contributed by atoms with van der Waals surface area (Å²) < 4.78 is 7.88. The van der Waals surface area contributed by atoms with Gasteiger partial charge in [-0.3, -0.25) is 4.79 Å². The number of amides is 1. The van der Waals surface area contributed by atoms with Crippen molar-refractivity contribution in [3.05, 3.63) is 105 Å². The van der Waals surface area contributed by atoms with Crippen molar-refractivity contribution in [2.45, 2.75) is 38.1 Å². The number of hydrogen-bond donors (Lipinski definition) is 2. The summed E-state index contributed by atoms with van der Waals surface area (Å²) >= 11 is 14.0. The quantitative estimate of drug-likeness (QED) is 0.199. The first-order valence-corrected chi connectivity index (χ1v) is 14.3. The van der Waals surface area contributed by atoms with Crippen LogP contribution in [0, 0.1) is 0 Å². The third-order valence-corrected chi connectivity index (χ3v) is 7.76. The molecule has 2 heterocycles. The topological polar surface area (TPSA) is 81.1 Å². The van der Waals surface area contributed by atoms with Gasteiger partial charge in [0.15, 0.2) is 0 Å². The standard InChI is InChI=1S/C29H27Cl2N5O2S/c1-3-14-39-29-34-28-32-18(2)25(27(37)33-22-9-5-4-6-10-22)26(36(28)35-29)19-8-7-11-23(15-19)38-17-20-12-13-21(30)16-24(20)31/h4-13,15-16,26H,3,14,17H2,1-2H3,(H,33,37)(H,32,34,35). The van der Waals surface area contributed by atoms with E-state index in [-0.39, 0.29) is 12.5 Å². The summed E-state index contributed by atoms with van der Waals surface area (Å²) in [6.07, 6.45) is 1.00. The van der Waals surface area contributed by atoms with Crippen molar-refractivity contribution in [1.29, 1.82) is 0 Å². The maximum absolute atomic E-state index is 13.7. The molecule has 1 aliphatic rings. The second-order valence-electron chi connectivity index (χ2n) is 8.99. The van der Waals surface area contributed by atoms with Crippen LogP contribution in [-0.2, 0) is 11.4 Å². The van der Waals surface area contributed by atoms with Gasteiger partial charge in [-0.1, -0.05) is 78.3 Å². The van der Waals surface area contributed by atoms with Crippen LogP contribution in [0.5, 0.6) is 5.75 Å². The fourth-order valence-electron chi connectivity index (χ4n) is 4.28. The minimum atomic E-state index is -0.517. The average molecular weight is 581 g/mol. The monoisotopic (exact) mass is 579 g/mol. The van der Waals surface area contributed by atoms with Crippen LogP contribution in [-0.4, -0.2) is 26.4 Å². The average Bonchev–Trinajstić information content (AvgIpc) is 3.33. The third kappa shape index (κ3) is 6.24. The molecule has 0 saturated carbocycles. The molecule has 1 unspecified atom stereocenters. The van der Waals surface area contributed by atoms with Gasteiger partial charge in [-0.05, 0) is 55.3 Å². The van der Waals surface area contributed by atoms with Crippen molar-refractivity contribution in [1.82, 2.24) is 14.8 Å². The van der Waals surface area contributed by atoms with E-state index in [1.54, 1.807) is 28.6 Å². The SMILES string of the molecule is CCCSc1nc2n(n1)C(c1cccc(OCc3ccc(Cl)cc3Cl)c1)C(C(=O)Nc1ccccc1)=C(C)N2. The number of carbonyl (C=O) groups excluding carboxylic acids is 1. The number of nitrogens with one attached hydrogen (secondary N) is 2. The van der Waals surface area contributed by atoms with Crippen molar-refractivity contribution in [2.75, 3.05) is 16.4 Å². The van der Waals surface area contributed by atoms with Gasteiger partial charge in [0.1, 0.15) is 18.4 Å². The second kappa shape index (κ2) is 12.2. The van der Waals surface area contributed by atoms with Crippen molar-refractivity contribution >= 4 is 52.5 Å². The van der Waals surface area contributed by atoms with Gasteiger partial charge in [-0.25, -0.2) is 4.68 Å². The smallest absolute Gasteiger partial charge is 0.255 e. The van der Waals surface area contributed by atoms with Crippen LogP contribution in [0.3, 0.4) is 0 Å². The molecule has 7 nitrogen and oxygen atoms in total. The highest BCUT2D eigenvalue weighted by Crippen LogP contribution is 2.38. The summed E-state index contributed by atoms with van der Waals surface area (Å²) in [6, 6.07) is 21.9. The van der Waals surface area contributed by atoms with Crippen LogP contribution in [0.25, 0.3) is 0 Å². The van der Waals surface area contributed by atoms with Crippen LogP contribution in [0.2, 0.25) is 10.0 Å². The summed E-state index contributed by atoms with van der Waals surface area (Å²) in [5.41, 5.74) is 3.62. The number of allylic oxidation sites excluding steroid dienone is 1. The highest BCUT2D eigenvalue weighted by atomic mass is 35.5. The number of anilines is 2. The number of halogens is 2. The normalized spacial score (nSPS) is 14.5. The van der Waals surface area contributed by atoms with Gasteiger partial charge < -0.3 is 15.4 Å². The van der Waals surface area contributed by atoms with E-state index < -0.39 is 6.04 Å². The lowest BCUT2D eigenvalue weighted by atomic mass is 9.95. The number of ether oxygens (including phenoxy) is 1.